The van der Waals surface area contributed by atoms with Crippen LogP contribution in [0.1, 0.15) is 129 Å². The summed E-state index contributed by atoms with van der Waals surface area (Å²) in [5, 5.41) is 28.2. The van der Waals surface area contributed by atoms with Gasteiger partial charge in [0.2, 0.25) is 0 Å². The maximum Gasteiger partial charge on any atom is 0.303 e. The van der Waals surface area contributed by atoms with Crippen LogP contribution in [0.3, 0.4) is 0 Å². The lowest BCUT2D eigenvalue weighted by atomic mass is 10.0. The lowest BCUT2D eigenvalue weighted by Crippen LogP contribution is -2.32. The number of carbonyl (C=O) groups is 1. The van der Waals surface area contributed by atoms with E-state index >= 15 is 0 Å². The van der Waals surface area contributed by atoms with Crippen LogP contribution in [0.4, 0.5) is 0 Å². The molecule has 3 N–H and O–H groups in total. The van der Waals surface area contributed by atoms with E-state index < -0.39 is 18.2 Å². The quantitative estimate of drug-likeness (QED) is 0.158. The van der Waals surface area contributed by atoms with Crippen molar-refractivity contribution in [1.29, 1.82) is 0 Å². The fourth-order valence-corrected chi connectivity index (χ4v) is 3.81. The van der Waals surface area contributed by atoms with Crippen LogP contribution in [-0.4, -0.2) is 46.7 Å². The van der Waals surface area contributed by atoms with Crippen molar-refractivity contribution in [3.8, 4) is 0 Å². The summed E-state index contributed by atoms with van der Waals surface area (Å²) in [5.74, 6) is -0.771. The highest BCUT2D eigenvalue weighted by atomic mass is 16.5. The molecule has 0 rings (SSSR count). The van der Waals surface area contributed by atoms with Crippen LogP contribution in [0.5, 0.6) is 0 Å². The third kappa shape index (κ3) is 20.6. The number of unbranched alkanes of at least 4 members (excludes halogenated alkanes) is 15. The minimum Gasteiger partial charge on any atom is -0.481 e. The van der Waals surface area contributed by atoms with E-state index in [1.54, 1.807) is 0 Å². The Morgan fingerprint density at radius 2 is 1.20 bits per heavy atom. The Bertz CT molecular complexity index is 361. The zero-order valence-electron chi connectivity index (χ0n) is 19.7. The fraction of sp³-hybridized carbons (Fsp3) is 0.960. The van der Waals surface area contributed by atoms with Gasteiger partial charge < -0.3 is 20.1 Å². The molecule has 0 spiro atoms. The second-order valence-electron chi connectivity index (χ2n) is 8.75. The topological polar surface area (TPSA) is 87.0 Å². The lowest BCUT2D eigenvalue weighted by Gasteiger charge is -2.21. The van der Waals surface area contributed by atoms with Gasteiger partial charge in [0.1, 0.15) is 6.10 Å². The highest BCUT2D eigenvalue weighted by Crippen LogP contribution is 2.15. The summed E-state index contributed by atoms with van der Waals surface area (Å²) in [5.41, 5.74) is 0. The van der Waals surface area contributed by atoms with E-state index in [0.717, 1.165) is 25.7 Å². The second kappa shape index (κ2) is 23.0. The van der Waals surface area contributed by atoms with Crippen molar-refractivity contribution in [1.82, 2.24) is 0 Å². The summed E-state index contributed by atoms with van der Waals surface area (Å²) >= 11 is 0. The minimum absolute atomic E-state index is 0.172. The molecule has 0 aromatic rings. The molecule has 0 bridgehead atoms. The minimum atomic E-state index is -0.771. The van der Waals surface area contributed by atoms with Gasteiger partial charge in [-0.2, -0.15) is 0 Å². The normalized spacial score (nSPS) is 13.4. The van der Waals surface area contributed by atoms with E-state index in [4.69, 9.17) is 9.84 Å². The first-order valence-electron chi connectivity index (χ1n) is 12.7. The third-order valence-electron chi connectivity index (χ3n) is 5.83. The molecular formula is C25H50O5. The SMILES string of the molecule is CCCCCCCCCCCCCCCCC(O)C(CO)OCCCCCC(=O)O. The van der Waals surface area contributed by atoms with Crippen LogP contribution in [0.25, 0.3) is 0 Å². The first-order chi connectivity index (χ1) is 14.6. The molecule has 180 valence electrons. The van der Waals surface area contributed by atoms with E-state index in [9.17, 15) is 15.0 Å². The molecule has 0 aromatic heterocycles. The van der Waals surface area contributed by atoms with Crippen LogP contribution in [0.2, 0.25) is 0 Å². The van der Waals surface area contributed by atoms with E-state index in [1.165, 1.54) is 77.0 Å². The van der Waals surface area contributed by atoms with E-state index in [0.29, 0.717) is 19.4 Å². The van der Waals surface area contributed by atoms with Gasteiger partial charge >= 0.3 is 5.97 Å². The van der Waals surface area contributed by atoms with Crippen molar-refractivity contribution in [3.05, 3.63) is 0 Å². The van der Waals surface area contributed by atoms with Gasteiger partial charge in [-0.25, -0.2) is 0 Å². The molecule has 0 radical (unpaired) electrons. The molecule has 0 heterocycles. The predicted molar refractivity (Wildman–Crippen MR) is 124 cm³/mol. The molecule has 0 aliphatic heterocycles. The Morgan fingerprint density at radius 3 is 1.67 bits per heavy atom. The summed E-state index contributed by atoms with van der Waals surface area (Å²) in [6.45, 7) is 2.55. The highest BCUT2D eigenvalue weighted by molar-refractivity contribution is 5.66. The molecule has 5 heteroatoms. The Kier molecular flexibility index (Phi) is 22.5. The average molecular weight is 431 g/mol. The molecule has 0 aromatic carbocycles. The molecule has 0 fully saturated rings. The van der Waals surface area contributed by atoms with Crippen LogP contribution in [0.15, 0.2) is 0 Å². The Morgan fingerprint density at radius 1 is 0.733 bits per heavy atom. The van der Waals surface area contributed by atoms with Gasteiger partial charge in [0.25, 0.3) is 0 Å². The van der Waals surface area contributed by atoms with Crippen molar-refractivity contribution < 1.29 is 24.9 Å². The maximum atomic E-state index is 10.5. The Hall–Kier alpha value is -0.650. The standard InChI is InChI=1S/C25H50O5/c1-2-3-4-5-6-7-8-9-10-11-12-13-14-16-19-23(27)24(22-26)30-21-18-15-17-20-25(28)29/h23-24,26-27H,2-22H2,1H3,(H,28,29). The number of rotatable bonds is 24. The molecule has 0 saturated heterocycles. The number of hydrogen-bond donors (Lipinski definition) is 3. The summed E-state index contributed by atoms with van der Waals surface area (Å²) < 4.78 is 5.58. The summed E-state index contributed by atoms with van der Waals surface area (Å²) in [4.78, 5) is 10.5. The number of ether oxygens (including phenoxy) is 1. The molecular weight excluding hydrogens is 380 g/mol. The maximum absolute atomic E-state index is 10.5. The molecule has 2 atom stereocenters. The fourth-order valence-electron chi connectivity index (χ4n) is 3.81. The van der Waals surface area contributed by atoms with Crippen molar-refractivity contribution in [2.24, 2.45) is 0 Å². The van der Waals surface area contributed by atoms with Gasteiger partial charge in [-0.15, -0.1) is 0 Å². The molecule has 5 nitrogen and oxygen atoms in total. The molecule has 0 aliphatic rings. The van der Waals surface area contributed by atoms with Gasteiger partial charge in [-0.1, -0.05) is 103 Å². The number of carboxylic acids is 1. The second-order valence-corrected chi connectivity index (χ2v) is 8.75. The summed E-state index contributed by atoms with van der Waals surface area (Å²) in [7, 11) is 0. The van der Waals surface area contributed by atoms with Crippen LogP contribution in [0, 0.1) is 0 Å². The van der Waals surface area contributed by atoms with Crippen LogP contribution >= 0.6 is 0 Å². The third-order valence-corrected chi connectivity index (χ3v) is 5.83. The first-order valence-corrected chi connectivity index (χ1v) is 12.7. The van der Waals surface area contributed by atoms with E-state index in [1.807, 2.05) is 0 Å². The smallest absolute Gasteiger partial charge is 0.303 e. The largest absolute Gasteiger partial charge is 0.481 e. The molecule has 0 aliphatic carbocycles. The van der Waals surface area contributed by atoms with Gasteiger partial charge in [0, 0.05) is 13.0 Å². The number of carboxylic acid groups (broad SMARTS) is 1. The van der Waals surface area contributed by atoms with Gasteiger partial charge in [-0.3, -0.25) is 4.79 Å². The van der Waals surface area contributed by atoms with Crippen molar-refractivity contribution in [2.45, 2.75) is 141 Å². The van der Waals surface area contributed by atoms with Gasteiger partial charge in [-0.05, 0) is 19.3 Å². The van der Waals surface area contributed by atoms with Gasteiger partial charge in [0.15, 0.2) is 0 Å². The van der Waals surface area contributed by atoms with Crippen molar-refractivity contribution in [3.63, 3.8) is 0 Å². The predicted octanol–water partition coefficient (Wildman–Crippen LogP) is 6.24. The van der Waals surface area contributed by atoms with Crippen LogP contribution < -0.4 is 0 Å². The first kappa shape index (κ1) is 29.4. The lowest BCUT2D eigenvalue weighted by molar-refractivity contribution is -0.137. The molecule has 0 saturated carbocycles. The number of aliphatic hydroxyl groups is 2. The molecule has 30 heavy (non-hydrogen) atoms. The Balaban J connectivity index is 3.43. The van der Waals surface area contributed by atoms with Gasteiger partial charge in [0.05, 0.1) is 12.7 Å². The highest BCUT2D eigenvalue weighted by Gasteiger charge is 2.18. The van der Waals surface area contributed by atoms with Crippen LogP contribution in [-0.2, 0) is 9.53 Å². The van der Waals surface area contributed by atoms with Crippen molar-refractivity contribution in [2.75, 3.05) is 13.2 Å². The summed E-state index contributed by atoms with van der Waals surface area (Å²) in [6, 6.07) is 0. The summed E-state index contributed by atoms with van der Waals surface area (Å²) in [6.07, 6.45) is 20.3. The Labute approximate surface area is 185 Å². The molecule has 2 unspecified atom stereocenters. The molecule has 0 amide bonds. The monoisotopic (exact) mass is 430 g/mol. The number of aliphatic carboxylic acids is 1. The zero-order valence-corrected chi connectivity index (χ0v) is 19.7. The van der Waals surface area contributed by atoms with Crippen molar-refractivity contribution >= 4 is 5.97 Å². The average Bonchev–Trinajstić information content (AvgIpc) is 2.73. The van der Waals surface area contributed by atoms with E-state index in [2.05, 4.69) is 6.92 Å². The zero-order chi connectivity index (χ0) is 22.3. The number of hydrogen-bond acceptors (Lipinski definition) is 4. The van der Waals surface area contributed by atoms with E-state index in [-0.39, 0.29) is 13.0 Å². The number of aliphatic hydroxyl groups excluding tert-OH is 2.